The molecule has 82 valence electrons. The number of nitrogens with zero attached hydrogens (tertiary/aromatic N) is 1. The van der Waals surface area contributed by atoms with Gasteiger partial charge in [0.05, 0.1) is 11.8 Å². The predicted molar refractivity (Wildman–Crippen MR) is 73.4 cm³/mol. The molecule has 2 rings (SSSR count). The topological polar surface area (TPSA) is 57.8 Å². The van der Waals surface area contributed by atoms with Crippen molar-refractivity contribution in [1.82, 2.24) is 10.2 Å². The summed E-state index contributed by atoms with van der Waals surface area (Å²) >= 11 is 5.47. The summed E-state index contributed by atoms with van der Waals surface area (Å²) in [6, 6.07) is 7.26. The van der Waals surface area contributed by atoms with E-state index in [1.807, 2.05) is 12.1 Å². The second-order valence-corrected chi connectivity index (χ2v) is 5.13. The van der Waals surface area contributed by atoms with E-state index in [2.05, 4.69) is 54.0 Å². The minimum absolute atomic E-state index is 0.157. The van der Waals surface area contributed by atoms with Crippen LogP contribution >= 0.6 is 38.5 Å². The number of benzene rings is 1. The Labute approximate surface area is 114 Å². The van der Waals surface area contributed by atoms with E-state index in [0.29, 0.717) is 11.4 Å². The van der Waals surface area contributed by atoms with Gasteiger partial charge in [0.1, 0.15) is 5.82 Å². The first-order valence-corrected chi connectivity index (χ1v) is 6.30. The van der Waals surface area contributed by atoms with Crippen molar-refractivity contribution in [3.8, 4) is 0 Å². The van der Waals surface area contributed by atoms with Gasteiger partial charge in [-0.2, -0.15) is 5.10 Å². The number of hydrogen-bond acceptors (Lipinski definition) is 2. The second kappa shape index (κ2) is 4.96. The van der Waals surface area contributed by atoms with Gasteiger partial charge in [-0.3, -0.25) is 9.89 Å². The molecule has 4 nitrogen and oxygen atoms in total. The number of amides is 1. The van der Waals surface area contributed by atoms with E-state index in [0.717, 1.165) is 8.04 Å². The van der Waals surface area contributed by atoms with Crippen LogP contribution in [0, 0.1) is 3.57 Å². The molecular formula is C10H7BrIN3O. The van der Waals surface area contributed by atoms with Crippen molar-refractivity contribution >= 4 is 50.2 Å². The Kier molecular flexibility index (Phi) is 3.59. The van der Waals surface area contributed by atoms with Crippen molar-refractivity contribution in [3.05, 3.63) is 44.1 Å². The van der Waals surface area contributed by atoms with Gasteiger partial charge in [-0.25, -0.2) is 0 Å². The van der Waals surface area contributed by atoms with E-state index in [1.165, 1.54) is 0 Å². The molecule has 1 aromatic carbocycles. The Morgan fingerprint density at radius 2 is 2.25 bits per heavy atom. The van der Waals surface area contributed by atoms with E-state index < -0.39 is 0 Å². The molecule has 0 saturated heterocycles. The summed E-state index contributed by atoms with van der Waals surface area (Å²) in [6.07, 6.45) is 1.58. The van der Waals surface area contributed by atoms with Crippen LogP contribution in [0.5, 0.6) is 0 Å². The van der Waals surface area contributed by atoms with Crippen LogP contribution in [-0.4, -0.2) is 16.1 Å². The smallest absolute Gasteiger partial charge is 0.257 e. The minimum atomic E-state index is -0.157. The largest absolute Gasteiger partial charge is 0.307 e. The Hall–Kier alpha value is -0.890. The van der Waals surface area contributed by atoms with Crippen LogP contribution in [0.4, 0.5) is 5.82 Å². The van der Waals surface area contributed by atoms with Gasteiger partial charge in [0.15, 0.2) is 0 Å². The Balaban J connectivity index is 2.24. The van der Waals surface area contributed by atoms with Crippen LogP contribution in [0.25, 0.3) is 0 Å². The van der Waals surface area contributed by atoms with Crippen molar-refractivity contribution in [2.24, 2.45) is 0 Å². The van der Waals surface area contributed by atoms with Crippen LogP contribution < -0.4 is 5.32 Å². The molecule has 2 aromatic rings. The van der Waals surface area contributed by atoms with Gasteiger partial charge in [0.2, 0.25) is 0 Å². The number of carbonyl (C=O) groups excluding carboxylic acids is 1. The summed E-state index contributed by atoms with van der Waals surface area (Å²) in [4.78, 5) is 11.9. The van der Waals surface area contributed by atoms with Gasteiger partial charge in [-0.1, -0.05) is 15.9 Å². The molecule has 0 aliphatic rings. The number of halogens is 2. The zero-order chi connectivity index (χ0) is 11.5. The maximum atomic E-state index is 11.9. The molecule has 0 aliphatic carbocycles. The highest BCUT2D eigenvalue weighted by Crippen LogP contribution is 2.19. The first kappa shape index (κ1) is 11.6. The fourth-order valence-corrected chi connectivity index (χ4v) is 2.13. The van der Waals surface area contributed by atoms with Gasteiger partial charge in [-0.15, -0.1) is 0 Å². The van der Waals surface area contributed by atoms with Gasteiger partial charge < -0.3 is 5.32 Å². The molecule has 0 unspecified atom stereocenters. The molecule has 1 aromatic heterocycles. The van der Waals surface area contributed by atoms with Crippen LogP contribution in [-0.2, 0) is 0 Å². The third-order valence-electron chi connectivity index (χ3n) is 1.92. The highest BCUT2D eigenvalue weighted by atomic mass is 127. The number of nitrogens with one attached hydrogen (secondary N) is 2. The molecule has 0 atom stereocenters. The molecule has 1 amide bonds. The van der Waals surface area contributed by atoms with E-state index in [-0.39, 0.29) is 5.91 Å². The third kappa shape index (κ3) is 2.62. The molecule has 0 fully saturated rings. The van der Waals surface area contributed by atoms with Crippen LogP contribution in [0.3, 0.4) is 0 Å². The maximum Gasteiger partial charge on any atom is 0.257 e. The number of anilines is 1. The zero-order valence-electron chi connectivity index (χ0n) is 8.00. The first-order valence-electron chi connectivity index (χ1n) is 4.42. The normalized spacial score (nSPS) is 10.1. The average molecular weight is 392 g/mol. The number of rotatable bonds is 2. The highest BCUT2D eigenvalue weighted by Gasteiger charge is 2.10. The van der Waals surface area contributed by atoms with E-state index in [9.17, 15) is 4.79 Å². The molecule has 16 heavy (non-hydrogen) atoms. The highest BCUT2D eigenvalue weighted by molar-refractivity contribution is 14.1. The second-order valence-electron chi connectivity index (χ2n) is 3.05. The molecule has 0 spiro atoms. The van der Waals surface area contributed by atoms with Gasteiger partial charge in [0.25, 0.3) is 5.91 Å². The van der Waals surface area contributed by atoms with E-state index in [4.69, 9.17) is 0 Å². The standard InChI is InChI=1S/C10H7BrIN3O/c11-6-1-2-8(12)7(5-6)10(16)14-9-3-4-13-15-9/h1-5H,(H2,13,14,15,16). The lowest BCUT2D eigenvalue weighted by Gasteiger charge is -2.05. The summed E-state index contributed by atoms with van der Waals surface area (Å²) in [5.41, 5.74) is 0.629. The molecular weight excluding hydrogens is 385 g/mol. The number of aromatic amines is 1. The molecule has 6 heteroatoms. The summed E-state index contributed by atoms with van der Waals surface area (Å²) in [7, 11) is 0. The molecule has 0 saturated carbocycles. The first-order chi connectivity index (χ1) is 7.66. The average Bonchev–Trinajstić information content (AvgIpc) is 2.74. The van der Waals surface area contributed by atoms with E-state index >= 15 is 0 Å². The predicted octanol–water partition coefficient (Wildman–Crippen LogP) is 3.03. The van der Waals surface area contributed by atoms with Crippen molar-refractivity contribution in [1.29, 1.82) is 0 Å². The zero-order valence-corrected chi connectivity index (χ0v) is 11.7. The monoisotopic (exact) mass is 391 g/mol. The summed E-state index contributed by atoms with van der Waals surface area (Å²) < 4.78 is 1.78. The van der Waals surface area contributed by atoms with Crippen LogP contribution in [0.2, 0.25) is 0 Å². The SMILES string of the molecule is O=C(Nc1ccn[nH]1)c1cc(Br)ccc1I. The number of carbonyl (C=O) groups is 1. The lowest BCUT2D eigenvalue weighted by Crippen LogP contribution is -2.13. The molecule has 0 radical (unpaired) electrons. The minimum Gasteiger partial charge on any atom is -0.307 e. The molecule has 1 heterocycles. The maximum absolute atomic E-state index is 11.9. The van der Waals surface area contributed by atoms with Crippen molar-refractivity contribution in [2.45, 2.75) is 0 Å². The summed E-state index contributed by atoms with van der Waals surface area (Å²) in [5.74, 6) is 0.427. The fraction of sp³-hybridized carbons (Fsp3) is 0. The van der Waals surface area contributed by atoms with E-state index in [1.54, 1.807) is 18.3 Å². The van der Waals surface area contributed by atoms with Crippen molar-refractivity contribution in [3.63, 3.8) is 0 Å². The summed E-state index contributed by atoms with van der Waals surface area (Å²) in [5, 5.41) is 9.16. The van der Waals surface area contributed by atoms with Gasteiger partial charge in [0, 0.05) is 14.1 Å². The number of aromatic nitrogens is 2. The molecule has 0 bridgehead atoms. The Morgan fingerprint density at radius 1 is 1.44 bits per heavy atom. The van der Waals surface area contributed by atoms with Crippen molar-refractivity contribution in [2.75, 3.05) is 5.32 Å². The fourth-order valence-electron chi connectivity index (χ4n) is 1.19. The molecule has 0 aliphatic heterocycles. The summed E-state index contributed by atoms with van der Waals surface area (Å²) in [6.45, 7) is 0. The molecule has 2 N–H and O–H groups in total. The lowest BCUT2D eigenvalue weighted by atomic mass is 10.2. The van der Waals surface area contributed by atoms with Crippen molar-refractivity contribution < 1.29 is 4.79 Å². The lowest BCUT2D eigenvalue weighted by molar-refractivity contribution is 0.102. The van der Waals surface area contributed by atoms with Crippen LogP contribution in [0.1, 0.15) is 10.4 Å². The quantitative estimate of drug-likeness (QED) is 0.773. The Bertz CT molecular complexity index is 513. The third-order valence-corrected chi connectivity index (χ3v) is 3.36. The van der Waals surface area contributed by atoms with Crippen LogP contribution in [0.15, 0.2) is 34.9 Å². The van der Waals surface area contributed by atoms with Gasteiger partial charge in [-0.05, 0) is 40.8 Å². The Morgan fingerprint density at radius 3 is 2.94 bits per heavy atom. The number of hydrogen-bond donors (Lipinski definition) is 2. The van der Waals surface area contributed by atoms with Gasteiger partial charge >= 0.3 is 0 Å². The number of H-pyrrole nitrogens is 1.